The lowest BCUT2D eigenvalue weighted by Crippen LogP contribution is -2.45. The van der Waals surface area contributed by atoms with Crippen molar-refractivity contribution in [3.63, 3.8) is 0 Å². The highest BCUT2D eigenvalue weighted by molar-refractivity contribution is 5.84. The quantitative estimate of drug-likeness (QED) is 0.883. The summed E-state index contributed by atoms with van der Waals surface area (Å²) >= 11 is 0. The first-order valence-electron chi connectivity index (χ1n) is 8.23. The summed E-state index contributed by atoms with van der Waals surface area (Å²) < 4.78 is 5.78. The second kappa shape index (κ2) is 7.31. The molecule has 1 fully saturated rings. The zero-order valence-electron chi connectivity index (χ0n) is 13.5. The number of rotatable bonds is 4. The van der Waals surface area contributed by atoms with Crippen LogP contribution in [0.1, 0.15) is 19.8 Å². The summed E-state index contributed by atoms with van der Waals surface area (Å²) in [5.74, 6) is 1.48. The van der Waals surface area contributed by atoms with Crippen LogP contribution in [0.25, 0.3) is 10.9 Å². The van der Waals surface area contributed by atoms with E-state index in [0.717, 1.165) is 48.5 Å². The zero-order chi connectivity index (χ0) is 16.1. The van der Waals surface area contributed by atoms with Crippen LogP contribution < -0.4 is 10.1 Å². The number of para-hydroxylation sites is 1. The minimum absolute atomic E-state index is 0.0107. The molecule has 122 valence electrons. The lowest BCUT2D eigenvalue weighted by Gasteiger charge is -2.30. The SMILES string of the molecule is CC1CCN(C(=O)NCCOc2cccc3cccnc23)CC1. The van der Waals surface area contributed by atoms with Gasteiger partial charge in [-0.25, -0.2) is 4.79 Å². The first-order valence-corrected chi connectivity index (χ1v) is 8.23. The standard InChI is InChI=1S/C18H23N3O2/c1-14-7-11-21(12-8-14)18(22)20-10-13-23-16-6-2-4-15-5-3-9-19-17(15)16/h2-6,9,14H,7-8,10-13H2,1H3,(H,20,22). The molecule has 0 atom stereocenters. The fraction of sp³-hybridized carbons (Fsp3) is 0.444. The van der Waals surface area contributed by atoms with E-state index >= 15 is 0 Å². The van der Waals surface area contributed by atoms with E-state index in [1.807, 2.05) is 35.2 Å². The van der Waals surface area contributed by atoms with Crippen LogP contribution in [0.5, 0.6) is 5.75 Å². The maximum Gasteiger partial charge on any atom is 0.317 e. The average Bonchev–Trinajstić information content (AvgIpc) is 2.59. The molecule has 1 aromatic heterocycles. The molecular weight excluding hydrogens is 290 g/mol. The number of carbonyl (C=O) groups excluding carboxylic acids is 1. The number of hydrogen-bond donors (Lipinski definition) is 1. The summed E-state index contributed by atoms with van der Waals surface area (Å²) in [5.41, 5.74) is 0.853. The monoisotopic (exact) mass is 313 g/mol. The van der Waals surface area contributed by atoms with Crippen molar-refractivity contribution in [3.8, 4) is 5.75 Å². The fourth-order valence-electron chi connectivity index (χ4n) is 2.84. The Balaban J connectivity index is 1.47. The molecule has 0 saturated carbocycles. The largest absolute Gasteiger partial charge is 0.489 e. The Bertz CT molecular complexity index is 661. The normalized spacial score (nSPS) is 15.6. The van der Waals surface area contributed by atoms with Gasteiger partial charge in [-0.2, -0.15) is 0 Å². The Morgan fingerprint density at radius 3 is 2.91 bits per heavy atom. The van der Waals surface area contributed by atoms with Crippen molar-refractivity contribution in [3.05, 3.63) is 36.5 Å². The lowest BCUT2D eigenvalue weighted by molar-refractivity contribution is 0.172. The van der Waals surface area contributed by atoms with E-state index in [0.29, 0.717) is 13.2 Å². The van der Waals surface area contributed by atoms with Gasteiger partial charge in [0, 0.05) is 24.7 Å². The number of hydrogen-bond acceptors (Lipinski definition) is 3. The second-order valence-electron chi connectivity index (χ2n) is 6.08. The molecule has 0 aliphatic carbocycles. The molecule has 2 heterocycles. The van der Waals surface area contributed by atoms with Gasteiger partial charge < -0.3 is 15.0 Å². The van der Waals surface area contributed by atoms with Gasteiger partial charge in [0.1, 0.15) is 17.9 Å². The van der Waals surface area contributed by atoms with Crippen LogP contribution in [-0.2, 0) is 0 Å². The van der Waals surface area contributed by atoms with Crippen molar-refractivity contribution in [2.75, 3.05) is 26.2 Å². The molecule has 5 nitrogen and oxygen atoms in total. The highest BCUT2D eigenvalue weighted by atomic mass is 16.5. The number of aromatic nitrogens is 1. The summed E-state index contributed by atoms with van der Waals surface area (Å²) in [5, 5.41) is 3.98. The second-order valence-corrected chi connectivity index (χ2v) is 6.08. The van der Waals surface area contributed by atoms with Crippen molar-refractivity contribution < 1.29 is 9.53 Å². The average molecular weight is 313 g/mol. The number of ether oxygens (including phenoxy) is 1. The van der Waals surface area contributed by atoms with Crippen LogP contribution in [0.2, 0.25) is 0 Å². The maximum absolute atomic E-state index is 12.1. The highest BCUT2D eigenvalue weighted by Gasteiger charge is 2.19. The van der Waals surface area contributed by atoms with Crippen molar-refractivity contribution in [2.24, 2.45) is 5.92 Å². The fourth-order valence-corrected chi connectivity index (χ4v) is 2.84. The number of carbonyl (C=O) groups is 1. The third kappa shape index (κ3) is 3.92. The molecule has 1 aliphatic heterocycles. The van der Waals surface area contributed by atoms with Gasteiger partial charge in [-0.1, -0.05) is 25.1 Å². The molecule has 0 unspecified atom stereocenters. The molecule has 23 heavy (non-hydrogen) atoms. The maximum atomic E-state index is 12.1. The molecular formula is C18H23N3O2. The first kappa shape index (κ1) is 15.6. The summed E-state index contributed by atoms with van der Waals surface area (Å²) in [6, 6.07) is 9.79. The van der Waals surface area contributed by atoms with Gasteiger partial charge in [0.05, 0.1) is 6.54 Å². The van der Waals surface area contributed by atoms with Crippen molar-refractivity contribution in [1.82, 2.24) is 15.2 Å². The molecule has 1 saturated heterocycles. The van der Waals surface area contributed by atoms with Gasteiger partial charge in [0.15, 0.2) is 0 Å². The number of benzene rings is 1. The van der Waals surface area contributed by atoms with Gasteiger partial charge in [0.2, 0.25) is 0 Å². The highest BCUT2D eigenvalue weighted by Crippen LogP contribution is 2.22. The summed E-state index contributed by atoms with van der Waals surface area (Å²) in [6.45, 7) is 4.86. The predicted molar refractivity (Wildman–Crippen MR) is 90.6 cm³/mol. The Hall–Kier alpha value is -2.30. The Morgan fingerprint density at radius 1 is 1.30 bits per heavy atom. The molecule has 0 spiro atoms. The third-order valence-corrected chi connectivity index (χ3v) is 4.30. The van der Waals surface area contributed by atoms with Gasteiger partial charge in [-0.15, -0.1) is 0 Å². The van der Waals surface area contributed by atoms with Gasteiger partial charge in [-0.05, 0) is 30.9 Å². The Morgan fingerprint density at radius 2 is 2.09 bits per heavy atom. The Labute approximate surface area is 136 Å². The van der Waals surface area contributed by atoms with E-state index in [9.17, 15) is 4.79 Å². The number of likely N-dealkylation sites (tertiary alicyclic amines) is 1. The number of urea groups is 1. The van der Waals surface area contributed by atoms with Crippen molar-refractivity contribution >= 4 is 16.9 Å². The van der Waals surface area contributed by atoms with Gasteiger partial charge in [-0.3, -0.25) is 4.98 Å². The number of nitrogens with one attached hydrogen (secondary N) is 1. The number of pyridine rings is 1. The molecule has 3 rings (SSSR count). The summed E-state index contributed by atoms with van der Waals surface area (Å²) in [6.07, 6.45) is 3.94. The summed E-state index contributed by atoms with van der Waals surface area (Å²) in [4.78, 5) is 18.3. The molecule has 2 amide bonds. The number of fused-ring (bicyclic) bond motifs is 1. The first-order chi connectivity index (χ1) is 11.2. The number of piperidine rings is 1. The van der Waals surface area contributed by atoms with Crippen LogP contribution >= 0.6 is 0 Å². The zero-order valence-corrected chi connectivity index (χ0v) is 13.5. The van der Waals surface area contributed by atoms with Crippen LogP contribution in [-0.4, -0.2) is 42.2 Å². The van der Waals surface area contributed by atoms with E-state index in [1.165, 1.54) is 0 Å². The van der Waals surface area contributed by atoms with E-state index in [1.54, 1.807) is 6.20 Å². The van der Waals surface area contributed by atoms with Crippen molar-refractivity contribution in [1.29, 1.82) is 0 Å². The molecule has 0 bridgehead atoms. The van der Waals surface area contributed by atoms with Crippen LogP contribution in [0.4, 0.5) is 4.79 Å². The molecule has 5 heteroatoms. The van der Waals surface area contributed by atoms with Gasteiger partial charge >= 0.3 is 6.03 Å². The Kier molecular flexibility index (Phi) is 4.95. The van der Waals surface area contributed by atoms with E-state index < -0.39 is 0 Å². The van der Waals surface area contributed by atoms with E-state index in [4.69, 9.17) is 4.74 Å². The van der Waals surface area contributed by atoms with E-state index in [-0.39, 0.29) is 6.03 Å². The van der Waals surface area contributed by atoms with E-state index in [2.05, 4.69) is 17.2 Å². The lowest BCUT2D eigenvalue weighted by atomic mass is 10.00. The van der Waals surface area contributed by atoms with Crippen LogP contribution in [0.3, 0.4) is 0 Å². The van der Waals surface area contributed by atoms with Crippen molar-refractivity contribution in [2.45, 2.75) is 19.8 Å². The molecule has 1 aromatic carbocycles. The number of nitrogens with zero attached hydrogens (tertiary/aromatic N) is 2. The smallest absolute Gasteiger partial charge is 0.317 e. The van der Waals surface area contributed by atoms with Gasteiger partial charge in [0.25, 0.3) is 0 Å². The number of amides is 2. The predicted octanol–water partition coefficient (Wildman–Crippen LogP) is 3.06. The van der Waals surface area contributed by atoms with Crippen LogP contribution in [0.15, 0.2) is 36.5 Å². The molecule has 1 N–H and O–H groups in total. The molecule has 2 aromatic rings. The molecule has 1 aliphatic rings. The minimum atomic E-state index is 0.0107. The molecule has 0 radical (unpaired) electrons. The minimum Gasteiger partial charge on any atom is -0.489 e. The summed E-state index contributed by atoms with van der Waals surface area (Å²) in [7, 11) is 0. The van der Waals surface area contributed by atoms with Crippen LogP contribution in [0, 0.1) is 5.92 Å². The third-order valence-electron chi connectivity index (χ3n) is 4.30. The topological polar surface area (TPSA) is 54.5 Å².